The van der Waals surface area contributed by atoms with Gasteiger partial charge in [-0.3, -0.25) is 0 Å². The van der Waals surface area contributed by atoms with Crippen molar-refractivity contribution in [2.24, 2.45) is 0 Å². The third-order valence-electron chi connectivity index (χ3n) is 3.89. The SMILES string of the molecule is CCNC(=S)Nc1sc2c(c1C(=O)OCC)CC(C)(C)NC2(C)C. The maximum absolute atomic E-state index is 12.6. The molecule has 1 aliphatic heterocycles. The molecule has 5 nitrogen and oxygen atoms in total. The quantitative estimate of drug-likeness (QED) is 0.559. The van der Waals surface area contributed by atoms with Gasteiger partial charge < -0.3 is 20.7 Å². The summed E-state index contributed by atoms with van der Waals surface area (Å²) in [7, 11) is 0. The summed E-state index contributed by atoms with van der Waals surface area (Å²) in [6, 6.07) is 0. The minimum absolute atomic E-state index is 0.0989. The van der Waals surface area contributed by atoms with Gasteiger partial charge in [-0.25, -0.2) is 4.79 Å². The Bertz CT molecular complexity index is 651. The van der Waals surface area contributed by atoms with E-state index in [1.54, 1.807) is 11.3 Å². The average molecular weight is 370 g/mol. The third kappa shape index (κ3) is 3.90. The zero-order valence-corrected chi connectivity index (χ0v) is 16.9. The number of fused-ring (bicyclic) bond motifs is 1. The minimum atomic E-state index is -0.287. The van der Waals surface area contributed by atoms with Crippen LogP contribution >= 0.6 is 23.6 Å². The van der Waals surface area contributed by atoms with Crippen LogP contribution in [0, 0.1) is 0 Å². The summed E-state index contributed by atoms with van der Waals surface area (Å²) in [5.74, 6) is -0.287. The van der Waals surface area contributed by atoms with Crippen molar-refractivity contribution in [1.82, 2.24) is 10.6 Å². The highest BCUT2D eigenvalue weighted by atomic mass is 32.1. The van der Waals surface area contributed by atoms with Gasteiger partial charge in [0.2, 0.25) is 0 Å². The van der Waals surface area contributed by atoms with Crippen LogP contribution in [0.1, 0.15) is 62.3 Å². The van der Waals surface area contributed by atoms with Crippen molar-refractivity contribution >= 4 is 39.6 Å². The van der Waals surface area contributed by atoms with Gasteiger partial charge in [0.1, 0.15) is 5.00 Å². The largest absolute Gasteiger partial charge is 0.462 e. The van der Waals surface area contributed by atoms with Gasteiger partial charge in [-0.2, -0.15) is 0 Å². The highest BCUT2D eigenvalue weighted by Crippen LogP contribution is 2.45. The van der Waals surface area contributed by atoms with Gasteiger partial charge in [-0.15, -0.1) is 11.3 Å². The highest BCUT2D eigenvalue weighted by molar-refractivity contribution is 7.80. The molecule has 24 heavy (non-hydrogen) atoms. The topological polar surface area (TPSA) is 62.4 Å². The van der Waals surface area contributed by atoms with E-state index >= 15 is 0 Å². The number of carbonyl (C=O) groups excluding carboxylic acids is 1. The number of hydrogen-bond acceptors (Lipinski definition) is 5. The van der Waals surface area contributed by atoms with E-state index in [-0.39, 0.29) is 17.0 Å². The summed E-state index contributed by atoms with van der Waals surface area (Å²) in [6.07, 6.45) is 0.770. The van der Waals surface area contributed by atoms with Crippen molar-refractivity contribution in [3.05, 3.63) is 16.0 Å². The number of carbonyl (C=O) groups is 1. The molecule has 2 rings (SSSR count). The molecular weight excluding hydrogens is 342 g/mol. The van der Waals surface area contributed by atoms with Gasteiger partial charge in [0.05, 0.1) is 12.2 Å². The first kappa shape index (κ1) is 19.1. The van der Waals surface area contributed by atoms with Crippen LogP contribution in [-0.4, -0.2) is 29.8 Å². The lowest BCUT2D eigenvalue weighted by Crippen LogP contribution is -2.55. The molecule has 0 spiro atoms. The molecule has 0 aromatic carbocycles. The summed E-state index contributed by atoms with van der Waals surface area (Å²) in [6.45, 7) is 13.5. The van der Waals surface area contributed by atoms with Crippen LogP contribution in [0.4, 0.5) is 5.00 Å². The second-order valence-corrected chi connectivity index (χ2v) is 8.56. The Morgan fingerprint density at radius 3 is 2.58 bits per heavy atom. The number of thiocarbonyl (C=S) groups is 1. The van der Waals surface area contributed by atoms with Crippen LogP contribution in [0.25, 0.3) is 0 Å². The summed E-state index contributed by atoms with van der Waals surface area (Å²) >= 11 is 6.88. The van der Waals surface area contributed by atoms with Gasteiger partial charge in [-0.1, -0.05) is 0 Å². The van der Waals surface area contributed by atoms with E-state index in [4.69, 9.17) is 17.0 Å². The smallest absolute Gasteiger partial charge is 0.341 e. The third-order valence-corrected chi connectivity index (χ3v) is 5.61. The number of rotatable bonds is 4. The van der Waals surface area contributed by atoms with Crippen LogP contribution in [0.15, 0.2) is 0 Å². The van der Waals surface area contributed by atoms with Gasteiger partial charge in [0, 0.05) is 22.5 Å². The van der Waals surface area contributed by atoms with Crippen molar-refractivity contribution in [1.29, 1.82) is 0 Å². The lowest BCUT2D eigenvalue weighted by Gasteiger charge is -2.42. The zero-order valence-electron chi connectivity index (χ0n) is 15.3. The standard InChI is InChI=1S/C17H27N3O2S2/c1-7-18-15(23)19-13-11(14(21)22-8-2)10-9-16(3,4)20-17(5,6)12(10)24-13/h20H,7-9H2,1-6H3,(H2,18,19,23). The van der Waals surface area contributed by atoms with E-state index in [1.165, 1.54) is 0 Å². The van der Waals surface area contributed by atoms with Crippen LogP contribution in [0.2, 0.25) is 0 Å². The van der Waals surface area contributed by atoms with Crippen LogP contribution in [-0.2, 0) is 16.7 Å². The fourth-order valence-electron chi connectivity index (χ4n) is 3.34. The molecule has 0 fully saturated rings. The zero-order chi connectivity index (χ0) is 18.1. The molecular formula is C17H27N3O2S2. The average Bonchev–Trinajstić information content (AvgIpc) is 2.75. The monoisotopic (exact) mass is 369 g/mol. The lowest BCUT2D eigenvalue weighted by atomic mass is 9.81. The second kappa shape index (κ2) is 6.98. The van der Waals surface area contributed by atoms with Crippen LogP contribution in [0.5, 0.6) is 0 Å². The van der Waals surface area contributed by atoms with Gasteiger partial charge in [0.25, 0.3) is 0 Å². The number of thiophene rings is 1. The molecule has 0 saturated carbocycles. The van der Waals surface area contributed by atoms with Crippen molar-refractivity contribution < 1.29 is 9.53 Å². The van der Waals surface area contributed by atoms with E-state index in [9.17, 15) is 4.79 Å². The predicted octanol–water partition coefficient (Wildman–Crippen LogP) is 3.39. The van der Waals surface area contributed by atoms with E-state index in [0.717, 1.165) is 28.4 Å². The van der Waals surface area contributed by atoms with Crippen molar-refractivity contribution in [3.8, 4) is 0 Å². The maximum atomic E-state index is 12.6. The first-order valence-corrected chi connectivity index (χ1v) is 9.51. The van der Waals surface area contributed by atoms with Crippen LogP contribution in [0.3, 0.4) is 0 Å². The van der Waals surface area contributed by atoms with Gasteiger partial charge >= 0.3 is 5.97 Å². The first-order chi connectivity index (χ1) is 11.1. The number of esters is 1. The molecule has 1 aromatic heterocycles. The molecule has 0 radical (unpaired) electrons. The Kier molecular flexibility index (Phi) is 5.57. The molecule has 2 heterocycles. The van der Waals surface area contributed by atoms with Crippen LogP contribution < -0.4 is 16.0 Å². The molecule has 0 saturated heterocycles. The molecule has 3 N–H and O–H groups in total. The van der Waals surface area contributed by atoms with Gasteiger partial charge in [0.15, 0.2) is 5.11 Å². The Balaban J connectivity index is 2.54. The number of anilines is 1. The van der Waals surface area contributed by atoms with E-state index in [1.807, 2.05) is 13.8 Å². The maximum Gasteiger partial charge on any atom is 0.341 e. The van der Waals surface area contributed by atoms with Crippen molar-refractivity contribution in [2.45, 2.75) is 59.0 Å². The van der Waals surface area contributed by atoms with Gasteiger partial charge in [-0.05, 0) is 65.7 Å². The lowest BCUT2D eigenvalue weighted by molar-refractivity contribution is 0.0526. The first-order valence-electron chi connectivity index (χ1n) is 8.28. The molecule has 0 aliphatic carbocycles. The molecule has 0 atom stereocenters. The molecule has 134 valence electrons. The molecule has 7 heteroatoms. The summed E-state index contributed by atoms with van der Waals surface area (Å²) in [5.41, 5.74) is 1.37. The predicted molar refractivity (Wildman–Crippen MR) is 104 cm³/mol. The Labute approximate surface area is 153 Å². The Hall–Kier alpha value is -1.18. The Morgan fingerprint density at radius 1 is 1.33 bits per heavy atom. The van der Waals surface area contributed by atoms with E-state index in [0.29, 0.717) is 17.3 Å². The highest BCUT2D eigenvalue weighted by Gasteiger charge is 2.41. The normalized spacial score (nSPS) is 17.8. The van der Waals surface area contributed by atoms with E-state index in [2.05, 4.69) is 43.6 Å². The summed E-state index contributed by atoms with van der Waals surface area (Å²) < 4.78 is 5.31. The molecule has 1 aliphatic rings. The number of ether oxygens (including phenoxy) is 1. The van der Waals surface area contributed by atoms with E-state index < -0.39 is 0 Å². The molecule has 0 amide bonds. The number of hydrogen-bond donors (Lipinski definition) is 3. The minimum Gasteiger partial charge on any atom is -0.462 e. The fraction of sp³-hybridized carbons (Fsp3) is 0.647. The molecule has 0 unspecified atom stereocenters. The fourth-order valence-corrected chi connectivity index (χ4v) is 4.92. The second-order valence-electron chi connectivity index (χ2n) is 7.13. The summed E-state index contributed by atoms with van der Waals surface area (Å²) in [4.78, 5) is 13.8. The molecule has 1 aromatic rings. The number of nitrogens with one attached hydrogen (secondary N) is 3. The van der Waals surface area contributed by atoms with Crippen molar-refractivity contribution in [2.75, 3.05) is 18.5 Å². The Morgan fingerprint density at radius 2 is 2.00 bits per heavy atom. The van der Waals surface area contributed by atoms with Crippen molar-refractivity contribution in [3.63, 3.8) is 0 Å². The molecule has 0 bridgehead atoms. The summed E-state index contributed by atoms with van der Waals surface area (Å²) in [5, 5.41) is 11.2.